The number of methoxy groups -OCH3 is 1. The van der Waals surface area contributed by atoms with Crippen molar-refractivity contribution in [2.75, 3.05) is 25.6 Å². The summed E-state index contributed by atoms with van der Waals surface area (Å²) in [5, 5.41) is 5.52. The quantitative estimate of drug-likeness (QED) is 0.760. The molecule has 0 saturated heterocycles. The predicted octanol–water partition coefficient (Wildman–Crippen LogP) is 1.70. The van der Waals surface area contributed by atoms with Gasteiger partial charge in [0.05, 0.1) is 12.3 Å². The van der Waals surface area contributed by atoms with Gasteiger partial charge in [0.15, 0.2) is 0 Å². The summed E-state index contributed by atoms with van der Waals surface area (Å²) in [5.74, 6) is -0.543. The third-order valence-corrected chi connectivity index (χ3v) is 2.50. The lowest BCUT2D eigenvalue weighted by Gasteiger charge is -2.15. The number of nitrogens with one attached hydrogen (secondary N) is 2. The minimum atomic E-state index is -0.501. The first-order chi connectivity index (χ1) is 8.54. The van der Waals surface area contributed by atoms with E-state index in [1.54, 1.807) is 26.2 Å². The highest BCUT2D eigenvalue weighted by molar-refractivity contribution is 5.84. The summed E-state index contributed by atoms with van der Waals surface area (Å²) in [4.78, 5) is 11.6. The summed E-state index contributed by atoms with van der Waals surface area (Å²) in [6.45, 7) is 4.39. The Balaban J connectivity index is 2.53. The number of aryl methyl sites for hydroxylation is 1. The van der Waals surface area contributed by atoms with E-state index in [2.05, 4.69) is 10.6 Å². The van der Waals surface area contributed by atoms with Gasteiger partial charge >= 0.3 is 0 Å². The van der Waals surface area contributed by atoms with Crippen LogP contribution in [0, 0.1) is 12.7 Å². The van der Waals surface area contributed by atoms with Crippen LogP contribution in [0.25, 0.3) is 0 Å². The third-order valence-electron chi connectivity index (χ3n) is 2.50. The second-order valence-electron chi connectivity index (χ2n) is 4.13. The van der Waals surface area contributed by atoms with Gasteiger partial charge < -0.3 is 15.4 Å². The lowest BCUT2D eigenvalue weighted by atomic mass is 10.2. The number of benzene rings is 1. The molecule has 18 heavy (non-hydrogen) atoms. The Kier molecular flexibility index (Phi) is 5.58. The monoisotopic (exact) mass is 254 g/mol. The predicted molar refractivity (Wildman–Crippen MR) is 69.1 cm³/mol. The maximum absolute atomic E-state index is 13.6. The molecule has 1 atom stereocenters. The van der Waals surface area contributed by atoms with Crippen molar-refractivity contribution in [1.82, 2.24) is 5.32 Å². The zero-order valence-corrected chi connectivity index (χ0v) is 10.9. The molecule has 4 nitrogen and oxygen atoms in total. The van der Waals surface area contributed by atoms with Crippen molar-refractivity contribution in [2.24, 2.45) is 0 Å². The molecule has 0 bridgehead atoms. The average molecular weight is 254 g/mol. The Labute approximate surface area is 107 Å². The Bertz CT molecular complexity index is 410. The summed E-state index contributed by atoms with van der Waals surface area (Å²) in [6.07, 6.45) is 0. The number of hydrogen-bond donors (Lipinski definition) is 2. The van der Waals surface area contributed by atoms with Crippen molar-refractivity contribution >= 4 is 11.6 Å². The molecule has 1 aromatic carbocycles. The van der Waals surface area contributed by atoms with Gasteiger partial charge in [-0.2, -0.15) is 0 Å². The first kappa shape index (κ1) is 14.4. The molecule has 1 rings (SSSR count). The lowest BCUT2D eigenvalue weighted by Crippen LogP contribution is -2.39. The van der Waals surface area contributed by atoms with E-state index in [9.17, 15) is 9.18 Å². The van der Waals surface area contributed by atoms with Crippen molar-refractivity contribution < 1.29 is 13.9 Å². The number of halogens is 1. The van der Waals surface area contributed by atoms with Crippen LogP contribution in [0.4, 0.5) is 10.1 Å². The fourth-order valence-corrected chi connectivity index (χ4v) is 1.47. The normalized spacial score (nSPS) is 12.0. The zero-order chi connectivity index (χ0) is 13.5. The maximum atomic E-state index is 13.6. The maximum Gasteiger partial charge on any atom is 0.242 e. The van der Waals surface area contributed by atoms with Crippen molar-refractivity contribution in [2.45, 2.75) is 19.9 Å². The molecule has 1 aromatic rings. The van der Waals surface area contributed by atoms with E-state index < -0.39 is 6.04 Å². The second-order valence-corrected chi connectivity index (χ2v) is 4.13. The largest absolute Gasteiger partial charge is 0.383 e. The molecule has 2 N–H and O–H groups in total. The summed E-state index contributed by atoms with van der Waals surface area (Å²) in [5.41, 5.74) is 1.17. The summed E-state index contributed by atoms with van der Waals surface area (Å²) >= 11 is 0. The van der Waals surface area contributed by atoms with Gasteiger partial charge in [0, 0.05) is 13.7 Å². The summed E-state index contributed by atoms with van der Waals surface area (Å²) < 4.78 is 18.4. The smallest absolute Gasteiger partial charge is 0.242 e. The van der Waals surface area contributed by atoms with E-state index in [1.165, 1.54) is 6.07 Å². The molecule has 0 saturated carbocycles. The molecule has 0 aliphatic rings. The highest BCUT2D eigenvalue weighted by Gasteiger charge is 2.13. The van der Waals surface area contributed by atoms with Crippen molar-refractivity contribution in [3.05, 3.63) is 29.6 Å². The van der Waals surface area contributed by atoms with Crippen LogP contribution in [0.15, 0.2) is 18.2 Å². The molecular weight excluding hydrogens is 235 g/mol. The van der Waals surface area contributed by atoms with Gasteiger partial charge in [-0.25, -0.2) is 4.39 Å². The van der Waals surface area contributed by atoms with E-state index in [4.69, 9.17) is 4.74 Å². The van der Waals surface area contributed by atoms with E-state index in [-0.39, 0.29) is 11.7 Å². The third kappa shape index (κ3) is 4.33. The minimum Gasteiger partial charge on any atom is -0.383 e. The zero-order valence-electron chi connectivity index (χ0n) is 10.9. The van der Waals surface area contributed by atoms with Crippen LogP contribution in [0.1, 0.15) is 12.5 Å². The molecule has 0 aliphatic carbocycles. The fraction of sp³-hybridized carbons (Fsp3) is 0.462. The van der Waals surface area contributed by atoms with E-state index in [1.807, 2.05) is 6.92 Å². The van der Waals surface area contributed by atoms with Crippen LogP contribution in [0.3, 0.4) is 0 Å². The number of rotatable bonds is 6. The van der Waals surface area contributed by atoms with Gasteiger partial charge in [-0.1, -0.05) is 6.07 Å². The molecule has 0 spiro atoms. The van der Waals surface area contributed by atoms with Crippen molar-refractivity contribution in [3.63, 3.8) is 0 Å². The molecule has 0 aromatic heterocycles. The first-order valence-corrected chi connectivity index (χ1v) is 5.84. The molecule has 5 heteroatoms. The summed E-state index contributed by atoms with van der Waals surface area (Å²) in [7, 11) is 1.56. The number of amides is 1. The number of carbonyl (C=O) groups excluding carboxylic acids is 1. The number of hydrogen-bond acceptors (Lipinski definition) is 3. The van der Waals surface area contributed by atoms with Gasteiger partial charge in [0.2, 0.25) is 5.91 Å². The molecule has 0 fully saturated rings. The first-order valence-electron chi connectivity index (χ1n) is 5.84. The molecule has 1 amide bonds. The Morgan fingerprint density at radius 2 is 2.22 bits per heavy atom. The number of anilines is 1. The van der Waals surface area contributed by atoms with Gasteiger partial charge in [-0.05, 0) is 31.5 Å². The fourth-order valence-electron chi connectivity index (χ4n) is 1.47. The number of ether oxygens (including phenoxy) is 1. The minimum absolute atomic E-state index is 0.188. The van der Waals surface area contributed by atoms with Gasteiger partial charge in [-0.15, -0.1) is 0 Å². The molecule has 1 unspecified atom stereocenters. The van der Waals surface area contributed by atoms with Crippen molar-refractivity contribution in [3.8, 4) is 0 Å². The molecular formula is C13H19FN2O2. The molecule has 0 radical (unpaired) electrons. The van der Waals surface area contributed by atoms with Crippen molar-refractivity contribution in [1.29, 1.82) is 0 Å². The van der Waals surface area contributed by atoms with Crippen LogP contribution >= 0.6 is 0 Å². The Morgan fingerprint density at radius 1 is 1.50 bits per heavy atom. The lowest BCUT2D eigenvalue weighted by molar-refractivity contribution is -0.121. The number of carbonyl (C=O) groups is 1. The SMILES string of the molecule is COCCNC(=O)C(C)Nc1ccc(C)cc1F. The van der Waals surface area contributed by atoms with Crippen LogP contribution < -0.4 is 10.6 Å². The van der Waals surface area contributed by atoms with Gasteiger partial charge in [0.1, 0.15) is 11.9 Å². The van der Waals surface area contributed by atoms with Crippen LogP contribution in [0.5, 0.6) is 0 Å². The van der Waals surface area contributed by atoms with E-state index >= 15 is 0 Å². The molecule has 0 heterocycles. The van der Waals surface area contributed by atoms with Crippen LogP contribution in [-0.4, -0.2) is 32.2 Å². The van der Waals surface area contributed by atoms with E-state index in [0.29, 0.717) is 18.8 Å². The van der Waals surface area contributed by atoms with E-state index in [0.717, 1.165) is 5.56 Å². The molecule has 100 valence electrons. The average Bonchev–Trinajstić information content (AvgIpc) is 2.32. The van der Waals surface area contributed by atoms with Crippen LogP contribution in [-0.2, 0) is 9.53 Å². The summed E-state index contributed by atoms with van der Waals surface area (Å²) in [6, 6.07) is 4.35. The highest BCUT2D eigenvalue weighted by atomic mass is 19.1. The highest BCUT2D eigenvalue weighted by Crippen LogP contribution is 2.16. The van der Waals surface area contributed by atoms with Gasteiger partial charge in [0.25, 0.3) is 0 Å². The second kappa shape index (κ2) is 6.96. The van der Waals surface area contributed by atoms with Crippen LogP contribution in [0.2, 0.25) is 0 Å². The standard InChI is InChI=1S/C13H19FN2O2/c1-9-4-5-12(11(14)8-9)16-10(2)13(17)15-6-7-18-3/h4-5,8,10,16H,6-7H2,1-3H3,(H,15,17). The Morgan fingerprint density at radius 3 is 2.83 bits per heavy atom. The van der Waals surface area contributed by atoms with Gasteiger partial charge in [-0.3, -0.25) is 4.79 Å². The topological polar surface area (TPSA) is 50.4 Å². The molecule has 0 aliphatic heterocycles. The Hall–Kier alpha value is -1.62.